The van der Waals surface area contributed by atoms with Gasteiger partial charge in [0.2, 0.25) is 15.9 Å². The molecule has 0 aliphatic rings. The van der Waals surface area contributed by atoms with Crippen molar-refractivity contribution < 1.29 is 13.2 Å². The zero-order valence-corrected chi connectivity index (χ0v) is 18.4. The van der Waals surface area contributed by atoms with Crippen LogP contribution in [0.2, 0.25) is 5.02 Å². The molecule has 2 aromatic carbocycles. The molecule has 5 nitrogen and oxygen atoms in total. The monoisotopic (exact) mass is 422 g/mol. The number of hydrogen-bond donors (Lipinski definition) is 1. The topological polar surface area (TPSA) is 66.5 Å². The number of anilines is 1. The van der Waals surface area contributed by atoms with Gasteiger partial charge in [-0.25, -0.2) is 8.42 Å². The van der Waals surface area contributed by atoms with E-state index in [9.17, 15) is 13.2 Å². The Kier molecular flexibility index (Phi) is 6.78. The molecule has 1 atom stereocenters. The summed E-state index contributed by atoms with van der Waals surface area (Å²) >= 11 is 5.86. The molecule has 0 saturated heterocycles. The van der Waals surface area contributed by atoms with Crippen molar-refractivity contribution >= 4 is 33.2 Å². The van der Waals surface area contributed by atoms with E-state index in [1.54, 1.807) is 24.3 Å². The Morgan fingerprint density at radius 3 is 2.07 bits per heavy atom. The molecule has 1 unspecified atom stereocenters. The van der Waals surface area contributed by atoms with Crippen molar-refractivity contribution in [1.82, 2.24) is 5.32 Å². The van der Waals surface area contributed by atoms with Gasteiger partial charge in [0.25, 0.3) is 0 Å². The van der Waals surface area contributed by atoms with Gasteiger partial charge in [-0.1, -0.05) is 56.6 Å². The summed E-state index contributed by atoms with van der Waals surface area (Å²) in [4.78, 5) is 12.5. The lowest BCUT2D eigenvalue weighted by atomic mass is 9.86. The summed E-state index contributed by atoms with van der Waals surface area (Å²) < 4.78 is 25.4. The van der Waals surface area contributed by atoms with Crippen LogP contribution < -0.4 is 9.62 Å². The molecule has 0 saturated carbocycles. The highest BCUT2D eigenvalue weighted by atomic mass is 35.5. The number of sulfonamides is 1. The standard InChI is InChI=1S/C21H27ClN2O3S/c1-15(16-6-8-17(9-7-16)21(2,3)4)23-20(25)14-24(28(5,26)27)19-12-10-18(22)11-13-19/h6-13,15H,14H2,1-5H3,(H,23,25). The second-order valence-electron chi connectivity index (χ2n) is 7.91. The summed E-state index contributed by atoms with van der Waals surface area (Å²) in [5, 5.41) is 3.36. The van der Waals surface area contributed by atoms with Crippen LogP contribution in [0.5, 0.6) is 0 Å². The zero-order valence-electron chi connectivity index (χ0n) is 16.9. The maximum atomic E-state index is 12.5. The van der Waals surface area contributed by atoms with E-state index >= 15 is 0 Å². The van der Waals surface area contributed by atoms with Crippen molar-refractivity contribution in [2.75, 3.05) is 17.1 Å². The highest BCUT2D eigenvalue weighted by molar-refractivity contribution is 7.92. The van der Waals surface area contributed by atoms with Crippen molar-refractivity contribution in [1.29, 1.82) is 0 Å². The van der Waals surface area contributed by atoms with Gasteiger partial charge in [0, 0.05) is 5.02 Å². The normalized spacial score (nSPS) is 13.1. The van der Waals surface area contributed by atoms with Gasteiger partial charge in [-0.2, -0.15) is 0 Å². The fourth-order valence-electron chi connectivity index (χ4n) is 2.78. The number of carbonyl (C=O) groups excluding carboxylic acids is 1. The average Bonchev–Trinajstić information content (AvgIpc) is 2.59. The van der Waals surface area contributed by atoms with Crippen molar-refractivity contribution in [2.45, 2.75) is 39.2 Å². The summed E-state index contributed by atoms with van der Waals surface area (Å²) in [5.74, 6) is -0.382. The summed E-state index contributed by atoms with van der Waals surface area (Å²) in [6, 6.07) is 14.2. The maximum absolute atomic E-state index is 12.5. The summed E-state index contributed by atoms with van der Waals surface area (Å²) in [7, 11) is -3.62. The van der Waals surface area contributed by atoms with E-state index in [4.69, 9.17) is 11.6 Å². The number of halogens is 1. The van der Waals surface area contributed by atoms with E-state index < -0.39 is 10.0 Å². The lowest BCUT2D eigenvalue weighted by Gasteiger charge is -2.24. The Hall–Kier alpha value is -2.05. The summed E-state index contributed by atoms with van der Waals surface area (Å²) in [6.45, 7) is 8.00. The van der Waals surface area contributed by atoms with Gasteiger partial charge in [0.05, 0.1) is 18.0 Å². The molecule has 0 aliphatic carbocycles. The molecule has 0 aliphatic heterocycles. The molecule has 7 heteroatoms. The zero-order chi connectivity index (χ0) is 21.1. The summed E-state index contributed by atoms with van der Waals surface area (Å²) in [6.07, 6.45) is 1.07. The van der Waals surface area contributed by atoms with Crippen LogP contribution >= 0.6 is 11.6 Å². The molecule has 28 heavy (non-hydrogen) atoms. The number of amides is 1. The van der Waals surface area contributed by atoms with Crippen LogP contribution in [0.1, 0.15) is 44.9 Å². The minimum atomic E-state index is -3.62. The highest BCUT2D eigenvalue weighted by Gasteiger charge is 2.22. The van der Waals surface area contributed by atoms with E-state index in [0.29, 0.717) is 10.7 Å². The Morgan fingerprint density at radius 1 is 1.07 bits per heavy atom. The third-order valence-electron chi connectivity index (χ3n) is 4.46. The molecule has 0 spiro atoms. The number of nitrogens with zero attached hydrogens (tertiary/aromatic N) is 1. The van der Waals surface area contributed by atoms with Crippen LogP contribution in [0.3, 0.4) is 0 Å². The number of benzene rings is 2. The molecule has 1 N–H and O–H groups in total. The van der Waals surface area contributed by atoms with Gasteiger partial charge in [-0.05, 0) is 47.7 Å². The summed E-state index contributed by atoms with van der Waals surface area (Å²) in [5.41, 5.74) is 2.61. The minimum absolute atomic E-state index is 0.0551. The number of rotatable bonds is 6. The maximum Gasteiger partial charge on any atom is 0.241 e. The third-order valence-corrected chi connectivity index (χ3v) is 5.85. The molecule has 2 rings (SSSR count). The van der Waals surface area contributed by atoms with Crippen molar-refractivity contribution in [2.24, 2.45) is 0 Å². The van der Waals surface area contributed by atoms with Crippen LogP contribution in [0.25, 0.3) is 0 Å². The van der Waals surface area contributed by atoms with Crippen molar-refractivity contribution in [3.05, 3.63) is 64.7 Å². The quantitative estimate of drug-likeness (QED) is 0.755. The second-order valence-corrected chi connectivity index (χ2v) is 10.3. The Labute approximate surface area is 172 Å². The van der Waals surface area contributed by atoms with Crippen LogP contribution in [0.15, 0.2) is 48.5 Å². The predicted molar refractivity (Wildman–Crippen MR) is 115 cm³/mol. The van der Waals surface area contributed by atoms with E-state index in [2.05, 4.69) is 38.2 Å². The average molecular weight is 423 g/mol. The van der Waals surface area contributed by atoms with Crippen LogP contribution in [0, 0.1) is 0 Å². The number of carbonyl (C=O) groups is 1. The van der Waals surface area contributed by atoms with Gasteiger partial charge < -0.3 is 5.32 Å². The van der Waals surface area contributed by atoms with Crippen LogP contribution in [-0.2, 0) is 20.2 Å². The van der Waals surface area contributed by atoms with Gasteiger partial charge >= 0.3 is 0 Å². The molecule has 1 amide bonds. The lowest BCUT2D eigenvalue weighted by Crippen LogP contribution is -2.41. The fourth-order valence-corrected chi connectivity index (χ4v) is 3.76. The van der Waals surface area contributed by atoms with Crippen molar-refractivity contribution in [3.8, 4) is 0 Å². The predicted octanol–water partition coefficient (Wildman–Crippen LogP) is 4.28. The van der Waals surface area contributed by atoms with Crippen molar-refractivity contribution in [3.63, 3.8) is 0 Å². The van der Waals surface area contributed by atoms with Gasteiger partial charge in [0.1, 0.15) is 6.54 Å². The van der Waals surface area contributed by atoms with E-state index in [1.165, 1.54) is 5.56 Å². The Bertz CT molecular complexity index is 918. The molecule has 0 heterocycles. The van der Waals surface area contributed by atoms with Crippen LogP contribution in [-0.4, -0.2) is 27.1 Å². The van der Waals surface area contributed by atoms with Gasteiger partial charge in [0.15, 0.2) is 0 Å². The van der Waals surface area contributed by atoms with E-state index in [1.807, 2.05) is 19.1 Å². The highest BCUT2D eigenvalue weighted by Crippen LogP contribution is 2.24. The molecule has 0 bridgehead atoms. The van der Waals surface area contributed by atoms with Gasteiger partial charge in [-0.15, -0.1) is 0 Å². The first-order chi connectivity index (χ1) is 12.9. The molecule has 152 valence electrons. The molecule has 0 aromatic heterocycles. The number of hydrogen-bond acceptors (Lipinski definition) is 3. The van der Waals surface area contributed by atoms with Crippen LogP contribution in [0.4, 0.5) is 5.69 Å². The number of nitrogens with one attached hydrogen (secondary N) is 1. The molecule has 0 fully saturated rings. The molecular weight excluding hydrogens is 396 g/mol. The first-order valence-corrected chi connectivity index (χ1v) is 11.2. The molecule has 2 aromatic rings. The second kappa shape index (κ2) is 8.53. The largest absolute Gasteiger partial charge is 0.348 e. The SMILES string of the molecule is CC(NC(=O)CN(c1ccc(Cl)cc1)S(C)(=O)=O)c1ccc(C(C)(C)C)cc1. The van der Waals surface area contributed by atoms with E-state index in [0.717, 1.165) is 16.1 Å². The molecular formula is C21H27ClN2O3S. The third kappa shape index (κ3) is 5.97. The van der Waals surface area contributed by atoms with Gasteiger partial charge in [-0.3, -0.25) is 9.10 Å². The first-order valence-electron chi connectivity index (χ1n) is 9.01. The Morgan fingerprint density at radius 2 is 1.61 bits per heavy atom. The molecule has 0 radical (unpaired) electrons. The smallest absolute Gasteiger partial charge is 0.241 e. The minimum Gasteiger partial charge on any atom is -0.348 e. The lowest BCUT2D eigenvalue weighted by molar-refractivity contribution is -0.120. The Balaban J connectivity index is 2.11. The first kappa shape index (κ1) is 22.2. The van der Waals surface area contributed by atoms with E-state index in [-0.39, 0.29) is 23.9 Å². The fraction of sp³-hybridized carbons (Fsp3) is 0.381.